The van der Waals surface area contributed by atoms with Gasteiger partial charge in [-0.25, -0.2) is 8.42 Å². The quantitative estimate of drug-likeness (QED) is 0.231. The zero-order valence-corrected chi connectivity index (χ0v) is 26.0. The highest BCUT2D eigenvalue weighted by atomic mass is 32.2. The predicted octanol–water partition coefficient (Wildman–Crippen LogP) is 5.58. The first-order valence-electron chi connectivity index (χ1n) is 14.4. The maximum atomic E-state index is 14.4. The largest absolute Gasteiger partial charge is 0.355 e. The monoisotopic (exact) mass is 597 g/mol. The molecule has 0 saturated heterocycles. The van der Waals surface area contributed by atoms with Gasteiger partial charge in [-0.1, -0.05) is 84.4 Å². The number of benzene rings is 4. The summed E-state index contributed by atoms with van der Waals surface area (Å²) in [7, 11) is -4.13. The average Bonchev–Trinajstić information content (AvgIpc) is 2.98. The Morgan fingerprint density at radius 1 is 0.744 bits per heavy atom. The van der Waals surface area contributed by atoms with Crippen LogP contribution >= 0.6 is 0 Å². The van der Waals surface area contributed by atoms with Crippen molar-refractivity contribution in [2.75, 3.05) is 17.4 Å². The van der Waals surface area contributed by atoms with E-state index < -0.39 is 28.5 Å². The Bertz CT molecular complexity index is 1640. The van der Waals surface area contributed by atoms with E-state index in [-0.39, 0.29) is 23.8 Å². The Kier molecular flexibility index (Phi) is 10.4. The second-order valence-electron chi connectivity index (χ2n) is 10.8. The van der Waals surface area contributed by atoms with Crippen LogP contribution < -0.4 is 9.62 Å². The first-order chi connectivity index (χ1) is 20.6. The molecule has 1 atom stereocenters. The normalized spacial score (nSPS) is 11.9. The third-order valence-electron chi connectivity index (χ3n) is 7.16. The summed E-state index contributed by atoms with van der Waals surface area (Å²) in [5.74, 6) is -0.774. The average molecular weight is 598 g/mol. The molecule has 0 spiro atoms. The third-order valence-corrected chi connectivity index (χ3v) is 8.95. The summed E-state index contributed by atoms with van der Waals surface area (Å²) in [4.78, 5) is 29.6. The molecule has 4 aromatic carbocycles. The number of nitrogens with one attached hydrogen (secondary N) is 1. The molecule has 7 nitrogen and oxygen atoms in total. The molecule has 224 valence electrons. The van der Waals surface area contributed by atoms with Crippen LogP contribution in [0.4, 0.5) is 5.69 Å². The maximum absolute atomic E-state index is 14.4. The number of anilines is 1. The number of likely N-dealkylation sites (N-methyl/N-ethyl adjacent to an activating group) is 1. The Morgan fingerprint density at radius 3 is 1.95 bits per heavy atom. The van der Waals surface area contributed by atoms with Gasteiger partial charge in [-0.2, -0.15) is 0 Å². The molecule has 0 aliphatic heterocycles. The van der Waals surface area contributed by atoms with Gasteiger partial charge in [0.25, 0.3) is 10.0 Å². The number of amides is 2. The summed E-state index contributed by atoms with van der Waals surface area (Å²) in [5, 5.41) is 2.89. The summed E-state index contributed by atoms with van der Waals surface area (Å²) in [5.41, 5.74) is 4.89. The van der Waals surface area contributed by atoms with Crippen LogP contribution in [0.15, 0.2) is 108 Å². The van der Waals surface area contributed by atoms with Crippen LogP contribution in [0, 0.1) is 20.8 Å². The molecule has 4 aromatic rings. The van der Waals surface area contributed by atoms with Crippen LogP contribution in [0.2, 0.25) is 0 Å². The van der Waals surface area contributed by atoms with Crippen molar-refractivity contribution in [3.05, 3.63) is 131 Å². The van der Waals surface area contributed by atoms with E-state index in [9.17, 15) is 18.0 Å². The highest BCUT2D eigenvalue weighted by Gasteiger charge is 2.34. The molecule has 4 rings (SSSR count). The zero-order chi connectivity index (χ0) is 31.0. The predicted molar refractivity (Wildman–Crippen MR) is 171 cm³/mol. The molecule has 1 N–H and O–H groups in total. The lowest BCUT2D eigenvalue weighted by Crippen LogP contribution is -2.53. The molecule has 0 bridgehead atoms. The van der Waals surface area contributed by atoms with Crippen molar-refractivity contribution < 1.29 is 18.0 Å². The van der Waals surface area contributed by atoms with Crippen molar-refractivity contribution in [1.29, 1.82) is 0 Å². The number of nitrogens with zero attached hydrogens (tertiary/aromatic N) is 2. The molecule has 0 aromatic heterocycles. The first-order valence-corrected chi connectivity index (χ1v) is 15.8. The van der Waals surface area contributed by atoms with E-state index in [1.54, 1.807) is 30.3 Å². The molecule has 1 unspecified atom stereocenters. The van der Waals surface area contributed by atoms with Gasteiger partial charge in [0.2, 0.25) is 11.8 Å². The Hall–Kier alpha value is -4.43. The maximum Gasteiger partial charge on any atom is 0.264 e. The van der Waals surface area contributed by atoms with Crippen LogP contribution in [-0.2, 0) is 32.6 Å². The fraction of sp³-hybridized carbons (Fsp3) is 0.257. The number of hydrogen-bond donors (Lipinski definition) is 1. The minimum Gasteiger partial charge on any atom is -0.355 e. The number of carbonyl (C=O) groups is 2. The second kappa shape index (κ2) is 14.2. The summed E-state index contributed by atoms with van der Waals surface area (Å²) in [6.45, 7) is 7.64. The lowest BCUT2D eigenvalue weighted by Gasteiger charge is -2.34. The highest BCUT2D eigenvalue weighted by molar-refractivity contribution is 7.92. The van der Waals surface area contributed by atoms with E-state index in [0.717, 1.165) is 32.1 Å². The topological polar surface area (TPSA) is 86.8 Å². The summed E-state index contributed by atoms with van der Waals surface area (Å²) in [6, 6.07) is 30.0. The van der Waals surface area contributed by atoms with Gasteiger partial charge in [0, 0.05) is 19.5 Å². The molecule has 8 heteroatoms. The zero-order valence-electron chi connectivity index (χ0n) is 25.2. The number of carbonyl (C=O) groups excluding carboxylic acids is 2. The van der Waals surface area contributed by atoms with Crippen molar-refractivity contribution in [1.82, 2.24) is 10.2 Å². The van der Waals surface area contributed by atoms with Crippen molar-refractivity contribution in [3.63, 3.8) is 0 Å². The van der Waals surface area contributed by atoms with Gasteiger partial charge in [-0.3, -0.25) is 13.9 Å². The van der Waals surface area contributed by atoms with E-state index in [1.807, 2.05) is 88.4 Å². The van der Waals surface area contributed by atoms with Crippen LogP contribution in [0.5, 0.6) is 0 Å². The Labute approximate surface area is 255 Å². The van der Waals surface area contributed by atoms with Crippen molar-refractivity contribution in [3.8, 4) is 0 Å². The number of rotatable bonds is 12. The summed E-state index contributed by atoms with van der Waals surface area (Å²) < 4.78 is 29.3. The van der Waals surface area contributed by atoms with Gasteiger partial charge in [-0.05, 0) is 74.2 Å². The van der Waals surface area contributed by atoms with E-state index in [2.05, 4.69) is 5.32 Å². The fourth-order valence-electron chi connectivity index (χ4n) is 5.20. The van der Waals surface area contributed by atoms with Crippen LogP contribution in [0.3, 0.4) is 0 Å². The SMILES string of the molecule is CCNC(=O)C(Cc1ccccc1)N(Cc1cccc(C)c1)C(=O)CN(c1cc(C)cc(C)c1)S(=O)(=O)c1ccccc1. The number of hydrogen-bond acceptors (Lipinski definition) is 4. The van der Waals surface area contributed by atoms with Crippen molar-refractivity contribution >= 4 is 27.5 Å². The molecule has 2 amide bonds. The molecule has 0 saturated carbocycles. The first kappa shape index (κ1) is 31.5. The highest BCUT2D eigenvalue weighted by Crippen LogP contribution is 2.27. The molecule has 0 radical (unpaired) electrons. The van der Waals surface area contributed by atoms with Gasteiger partial charge >= 0.3 is 0 Å². The van der Waals surface area contributed by atoms with Gasteiger partial charge in [0.15, 0.2) is 0 Å². The van der Waals surface area contributed by atoms with Gasteiger partial charge in [0.1, 0.15) is 12.6 Å². The van der Waals surface area contributed by atoms with Crippen LogP contribution in [-0.4, -0.2) is 44.3 Å². The van der Waals surface area contributed by atoms with E-state index in [0.29, 0.717) is 12.2 Å². The molecule has 0 fully saturated rings. The van der Waals surface area contributed by atoms with Crippen LogP contribution in [0.25, 0.3) is 0 Å². The fourth-order valence-corrected chi connectivity index (χ4v) is 6.62. The third kappa shape index (κ3) is 8.11. The Morgan fingerprint density at radius 2 is 1.35 bits per heavy atom. The van der Waals surface area contributed by atoms with Crippen molar-refractivity contribution in [2.24, 2.45) is 0 Å². The van der Waals surface area contributed by atoms with E-state index in [4.69, 9.17) is 0 Å². The minimum atomic E-state index is -4.13. The van der Waals surface area contributed by atoms with Crippen molar-refractivity contribution in [2.45, 2.75) is 51.6 Å². The molecule has 0 aliphatic carbocycles. The van der Waals surface area contributed by atoms with Crippen LogP contribution in [0.1, 0.15) is 34.7 Å². The van der Waals surface area contributed by atoms with Gasteiger partial charge in [-0.15, -0.1) is 0 Å². The molecule has 43 heavy (non-hydrogen) atoms. The number of aryl methyl sites for hydroxylation is 3. The smallest absolute Gasteiger partial charge is 0.264 e. The molecule has 0 aliphatic rings. The molecular formula is C35H39N3O4S. The summed E-state index contributed by atoms with van der Waals surface area (Å²) in [6.07, 6.45) is 0.277. The lowest BCUT2D eigenvalue weighted by molar-refractivity contribution is -0.140. The number of sulfonamides is 1. The van der Waals surface area contributed by atoms with Gasteiger partial charge in [0.05, 0.1) is 10.6 Å². The summed E-state index contributed by atoms with van der Waals surface area (Å²) >= 11 is 0. The Balaban J connectivity index is 1.81. The van der Waals surface area contributed by atoms with Gasteiger partial charge < -0.3 is 10.2 Å². The minimum absolute atomic E-state index is 0.0803. The molecule has 0 heterocycles. The van der Waals surface area contributed by atoms with E-state index >= 15 is 0 Å². The standard InChI is InChI=1S/C35H39N3O4S/c1-5-36-35(40)33(23-29-14-8-6-9-15-29)37(24-30-16-12-13-26(2)20-30)34(39)25-38(31-21-27(3)19-28(4)22-31)43(41,42)32-17-10-7-11-18-32/h6-22,33H,5,23-25H2,1-4H3,(H,36,40). The molecular weight excluding hydrogens is 558 g/mol. The second-order valence-corrected chi connectivity index (χ2v) is 12.6. The lowest BCUT2D eigenvalue weighted by atomic mass is 10.0. The van der Waals surface area contributed by atoms with E-state index in [1.165, 1.54) is 17.0 Å².